The molecule has 1 aliphatic rings. The van der Waals surface area contributed by atoms with Crippen molar-refractivity contribution in [3.05, 3.63) is 23.9 Å². The lowest BCUT2D eigenvalue weighted by molar-refractivity contribution is 0.462. The SMILES string of the molecule is N#Cc1ccc(N2CCCCC2CN)nc1. The molecule has 1 unspecified atom stereocenters. The van der Waals surface area contributed by atoms with Crippen LogP contribution in [0.5, 0.6) is 0 Å². The fraction of sp³-hybridized carbons (Fsp3) is 0.500. The molecule has 1 aromatic heterocycles. The Morgan fingerprint density at radius 2 is 2.38 bits per heavy atom. The normalized spacial score (nSPS) is 20.5. The van der Waals surface area contributed by atoms with E-state index >= 15 is 0 Å². The van der Waals surface area contributed by atoms with E-state index in [1.807, 2.05) is 12.1 Å². The van der Waals surface area contributed by atoms with E-state index in [9.17, 15) is 0 Å². The number of nitrogens with zero attached hydrogens (tertiary/aromatic N) is 3. The molecule has 0 aromatic carbocycles. The molecule has 1 atom stereocenters. The molecule has 1 aliphatic heterocycles. The van der Waals surface area contributed by atoms with Crippen molar-refractivity contribution in [2.45, 2.75) is 25.3 Å². The summed E-state index contributed by atoms with van der Waals surface area (Å²) in [4.78, 5) is 6.57. The Hall–Kier alpha value is -1.60. The Labute approximate surface area is 95.7 Å². The zero-order valence-electron chi connectivity index (χ0n) is 9.26. The fourth-order valence-corrected chi connectivity index (χ4v) is 2.17. The summed E-state index contributed by atoms with van der Waals surface area (Å²) in [7, 11) is 0. The van der Waals surface area contributed by atoms with E-state index in [-0.39, 0.29) is 0 Å². The van der Waals surface area contributed by atoms with Gasteiger partial charge in [-0.15, -0.1) is 0 Å². The molecule has 0 radical (unpaired) electrons. The van der Waals surface area contributed by atoms with Crippen LogP contribution in [0.1, 0.15) is 24.8 Å². The Bertz CT molecular complexity index is 379. The third kappa shape index (κ3) is 2.15. The number of nitrogens with two attached hydrogens (primary N) is 1. The van der Waals surface area contributed by atoms with Crippen LogP contribution in [0.15, 0.2) is 18.3 Å². The molecular weight excluding hydrogens is 200 g/mol. The molecule has 0 bridgehead atoms. The maximum atomic E-state index is 8.71. The van der Waals surface area contributed by atoms with Crippen LogP contribution < -0.4 is 10.6 Å². The largest absolute Gasteiger partial charge is 0.352 e. The van der Waals surface area contributed by atoms with Gasteiger partial charge in [-0.3, -0.25) is 0 Å². The summed E-state index contributed by atoms with van der Waals surface area (Å²) in [6, 6.07) is 6.19. The first-order valence-electron chi connectivity index (χ1n) is 5.68. The highest BCUT2D eigenvalue weighted by Crippen LogP contribution is 2.22. The van der Waals surface area contributed by atoms with Crippen LogP contribution in [-0.2, 0) is 0 Å². The van der Waals surface area contributed by atoms with E-state index in [0.29, 0.717) is 18.2 Å². The number of aromatic nitrogens is 1. The molecule has 4 nitrogen and oxygen atoms in total. The van der Waals surface area contributed by atoms with Gasteiger partial charge in [0.1, 0.15) is 11.9 Å². The summed E-state index contributed by atoms with van der Waals surface area (Å²) in [5.41, 5.74) is 6.37. The monoisotopic (exact) mass is 216 g/mol. The van der Waals surface area contributed by atoms with Crippen molar-refractivity contribution >= 4 is 5.82 Å². The average molecular weight is 216 g/mol. The van der Waals surface area contributed by atoms with Crippen molar-refractivity contribution in [1.82, 2.24) is 4.98 Å². The first-order chi connectivity index (χ1) is 7.85. The number of hydrogen-bond acceptors (Lipinski definition) is 4. The quantitative estimate of drug-likeness (QED) is 0.808. The number of pyridine rings is 1. The van der Waals surface area contributed by atoms with Crippen LogP contribution in [0.3, 0.4) is 0 Å². The van der Waals surface area contributed by atoms with Gasteiger partial charge in [-0.25, -0.2) is 4.98 Å². The lowest BCUT2D eigenvalue weighted by atomic mass is 10.0. The van der Waals surface area contributed by atoms with Gasteiger partial charge in [-0.1, -0.05) is 0 Å². The predicted molar refractivity (Wildman–Crippen MR) is 63.0 cm³/mol. The molecule has 1 saturated heterocycles. The molecule has 2 rings (SSSR count). The molecule has 84 valence electrons. The van der Waals surface area contributed by atoms with E-state index in [4.69, 9.17) is 11.0 Å². The molecular formula is C12H16N4. The molecule has 0 spiro atoms. The number of hydrogen-bond donors (Lipinski definition) is 1. The first-order valence-corrected chi connectivity index (χ1v) is 5.68. The van der Waals surface area contributed by atoms with Crippen LogP contribution in [0, 0.1) is 11.3 Å². The maximum Gasteiger partial charge on any atom is 0.128 e. The van der Waals surface area contributed by atoms with E-state index in [1.54, 1.807) is 6.20 Å². The topological polar surface area (TPSA) is 65.9 Å². The highest BCUT2D eigenvalue weighted by molar-refractivity contribution is 5.43. The van der Waals surface area contributed by atoms with Gasteiger partial charge in [-0.05, 0) is 31.4 Å². The van der Waals surface area contributed by atoms with Crippen molar-refractivity contribution in [2.75, 3.05) is 18.0 Å². The van der Waals surface area contributed by atoms with E-state index in [0.717, 1.165) is 18.8 Å². The molecule has 2 heterocycles. The van der Waals surface area contributed by atoms with Gasteiger partial charge >= 0.3 is 0 Å². The Kier molecular flexibility index (Phi) is 3.37. The summed E-state index contributed by atoms with van der Waals surface area (Å²) in [5, 5.41) is 8.71. The highest BCUT2D eigenvalue weighted by Gasteiger charge is 2.21. The van der Waals surface area contributed by atoms with Gasteiger partial charge < -0.3 is 10.6 Å². The van der Waals surface area contributed by atoms with Crippen LogP contribution in [0.25, 0.3) is 0 Å². The van der Waals surface area contributed by atoms with Gasteiger partial charge in [0, 0.05) is 25.3 Å². The zero-order chi connectivity index (χ0) is 11.4. The molecule has 0 aliphatic carbocycles. The minimum absolute atomic E-state index is 0.397. The number of rotatable bonds is 2. The van der Waals surface area contributed by atoms with Gasteiger partial charge in [0.25, 0.3) is 0 Å². The second-order valence-electron chi connectivity index (χ2n) is 4.10. The van der Waals surface area contributed by atoms with Gasteiger partial charge in [0.2, 0.25) is 0 Å². The Morgan fingerprint density at radius 3 is 3.00 bits per heavy atom. The minimum atomic E-state index is 0.397. The molecule has 0 amide bonds. The van der Waals surface area contributed by atoms with Crippen molar-refractivity contribution < 1.29 is 0 Å². The Morgan fingerprint density at radius 1 is 1.50 bits per heavy atom. The van der Waals surface area contributed by atoms with Crippen LogP contribution >= 0.6 is 0 Å². The summed E-state index contributed by atoms with van der Waals surface area (Å²) < 4.78 is 0. The molecule has 0 saturated carbocycles. The van der Waals surface area contributed by atoms with E-state index in [1.165, 1.54) is 12.8 Å². The summed E-state index contributed by atoms with van der Waals surface area (Å²) in [5.74, 6) is 0.939. The van der Waals surface area contributed by atoms with E-state index in [2.05, 4.69) is 16.0 Å². The molecule has 1 aromatic rings. The lowest BCUT2D eigenvalue weighted by Crippen LogP contribution is -2.44. The fourth-order valence-electron chi connectivity index (χ4n) is 2.17. The van der Waals surface area contributed by atoms with Crippen molar-refractivity contribution in [2.24, 2.45) is 5.73 Å². The molecule has 4 heteroatoms. The molecule has 16 heavy (non-hydrogen) atoms. The second-order valence-corrected chi connectivity index (χ2v) is 4.10. The lowest BCUT2D eigenvalue weighted by Gasteiger charge is -2.35. The van der Waals surface area contributed by atoms with Gasteiger partial charge in [0.15, 0.2) is 0 Å². The third-order valence-corrected chi connectivity index (χ3v) is 3.07. The third-order valence-electron chi connectivity index (χ3n) is 3.07. The van der Waals surface area contributed by atoms with Gasteiger partial charge in [-0.2, -0.15) is 5.26 Å². The first kappa shape index (κ1) is 10.9. The zero-order valence-corrected chi connectivity index (χ0v) is 9.26. The summed E-state index contributed by atoms with van der Waals surface area (Å²) in [6.07, 6.45) is 5.20. The van der Waals surface area contributed by atoms with Crippen molar-refractivity contribution in [3.63, 3.8) is 0 Å². The average Bonchev–Trinajstić information content (AvgIpc) is 2.39. The molecule has 1 fully saturated rings. The smallest absolute Gasteiger partial charge is 0.128 e. The van der Waals surface area contributed by atoms with Crippen molar-refractivity contribution in [3.8, 4) is 6.07 Å². The maximum absolute atomic E-state index is 8.71. The second kappa shape index (κ2) is 4.95. The Balaban J connectivity index is 2.18. The number of piperidine rings is 1. The number of anilines is 1. The van der Waals surface area contributed by atoms with Gasteiger partial charge in [0.05, 0.1) is 5.56 Å². The van der Waals surface area contributed by atoms with E-state index < -0.39 is 0 Å². The highest BCUT2D eigenvalue weighted by atomic mass is 15.2. The summed E-state index contributed by atoms with van der Waals surface area (Å²) in [6.45, 7) is 1.68. The predicted octanol–water partition coefficient (Wildman–Crippen LogP) is 1.27. The van der Waals surface area contributed by atoms with Crippen molar-refractivity contribution in [1.29, 1.82) is 5.26 Å². The molecule has 2 N–H and O–H groups in total. The van der Waals surface area contributed by atoms with Crippen LogP contribution in [0.4, 0.5) is 5.82 Å². The van der Waals surface area contributed by atoms with Crippen LogP contribution in [0.2, 0.25) is 0 Å². The van der Waals surface area contributed by atoms with Crippen LogP contribution in [-0.4, -0.2) is 24.1 Å². The minimum Gasteiger partial charge on any atom is -0.352 e. The standard InChI is InChI=1S/C12H16N4/c13-7-10-4-5-12(15-9-10)16-6-2-1-3-11(16)8-14/h4-5,9,11H,1-3,6,8,14H2. The number of nitriles is 1. The summed E-state index contributed by atoms with van der Waals surface area (Å²) >= 11 is 0.